The van der Waals surface area contributed by atoms with E-state index in [0.29, 0.717) is 26.7 Å². The van der Waals surface area contributed by atoms with Gasteiger partial charge in [0.2, 0.25) is 5.76 Å². The molecule has 1 unspecified atom stereocenters. The molecule has 9 heteroatoms. The molecule has 3 heterocycles. The number of amides is 1. The molecule has 0 N–H and O–H groups in total. The van der Waals surface area contributed by atoms with Crippen LogP contribution < -0.4 is 10.3 Å². The lowest BCUT2D eigenvalue weighted by Gasteiger charge is -2.22. The molecule has 5 rings (SSSR count). The van der Waals surface area contributed by atoms with Crippen molar-refractivity contribution >= 4 is 61.9 Å². The van der Waals surface area contributed by atoms with Gasteiger partial charge in [0, 0.05) is 3.57 Å². The maximum Gasteiger partial charge on any atom is 0.350 e. The van der Waals surface area contributed by atoms with Gasteiger partial charge in [-0.15, -0.1) is 0 Å². The molecule has 1 aliphatic heterocycles. The zero-order chi connectivity index (χ0) is 23.3. The molecule has 166 valence electrons. The molecule has 0 saturated heterocycles. The first-order valence-corrected chi connectivity index (χ1v) is 12.1. The van der Waals surface area contributed by atoms with Crippen LogP contribution in [0.1, 0.15) is 50.0 Å². The van der Waals surface area contributed by atoms with Crippen LogP contribution in [0.3, 0.4) is 0 Å². The second-order valence-electron chi connectivity index (χ2n) is 7.43. The predicted molar refractivity (Wildman–Crippen MR) is 133 cm³/mol. The number of carbonyl (C=O) groups excluding carboxylic acids is 2. The number of fused-ring (bicyclic) bond motifs is 2. The highest BCUT2D eigenvalue weighted by atomic mass is 127. The van der Waals surface area contributed by atoms with E-state index in [1.54, 1.807) is 38.1 Å². The second kappa shape index (κ2) is 8.38. The molecule has 0 spiro atoms. The molecule has 0 radical (unpaired) electrons. The summed E-state index contributed by atoms with van der Waals surface area (Å²) in [6, 6.07) is 13.7. The Labute approximate surface area is 206 Å². The number of hydrogen-bond acceptors (Lipinski definition) is 7. The van der Waals surface area contributed by atoms with Crippen molar-refractivity contribution in [2.75, 3.05) is 11.5 Å². The summed E-state index contributed by atoms with van der Waals surface area (Å²) in [5.41, 5.74) is 1.56. The number of carbonyl (C=O) groups is 2. The molecular weight excluding hydrogens is 555 g/mol. The van der Waals surface area contributed by atoms with E-state index in [4.69, 9.17) is 9.15 Å². The van der Waals surface area contributed by atoms with Crippen molar-refractivity contribution in [3.63, 3.8) is 0 Å². The minimum absolute atomic E-state index is 0.00668. The summed E-state index contributed by atoms with van der Waals surface area (Å²) in [7, 11) is 0. The lowest BCUT2D eigenvalue weighted by Crippen LogP contribution is -2.29. The van der Waals surface area contributed by atoms with E-state index in [2.05, 4.69) is 27.6 Å². The van der Waals surface area contributed by atoms with E-state index >= 15 is 0 Å². The lowest BCUT2D eigenvalue weighted by molar-refractivity contribution is 0.0531. The molecule has 0 bridgehead atoms. The topological polar surface area (TPSA) is 89.7 Å². The Hall–Kier alpha value is -3.05. The molecular formula is C24H17IN2O5S. The van der Waals surface area contributed by atoms with Crippen molar-refractivity contribution in [2.45, 2.75) is 19.9 Å². The fraction of sp³-hybridized carbons (Fsp3) is 0.167. The molecule has 4 aromatic rings. The number of hydrogen-bond donors (Lipinski definition) is 0. The molecule has 1 aliphatic rings. The summed E-state index contributed by atoms with van der Waals surface area (Å²) in [5, 5.41) is 0.711. The van der Waals surface area contributed by atoms with E-state index in [9.17, 15) is 14.4 Å². The number of aromatic nitrogens is 1. The average molecular weight is 572 g/mol. The Kier molecular flexibility index (Phi) is 5.53. The smallest absolute Gasteiger partial charge is 0.350 e. The third-order valence-corrected chi connectivity index (χ3v) is 7.27. The van der Waals surface area contributed by atoms with Crippen LogP contribution in [0.2, 0.25) is 0 Å². The maximum absolute atomic E-state index is 13.6. The standard InChI is InChI=1S/C24H17IN2O5S/c1-3-31-23(30)21-12(2)26-24(33-21)27-18(13-8-10-14(25)11-9-13)17-19(28)15-6-4-5-7-16(15)32-20(17)22(27)29/h4-11,18H,3H2,1-2H3. The number of esters is 1. The third-order valence-electron chi connectivity index (χ3n) is 5.42. The normalized spacial score (nSPS) is 15.2. The first kappa shape index (κ1) is 21.8. The van der Waals surface area contributed by atoms with Gasteiger partial charge in [0.15, 0.2) is 10.6 Å². The van der Waals surface area contributed by atoms with Gasteiger partial charge in [-0.25, -0.2) is 9.78 Å². The van der Waals surface area contributed by atoms with E-state index in [0.717, 1.165) is 20.5 Å². The molecule has 0 aliphatic carbocycles. The number of anilines is 1. The van der Waals surface area contributed by atoms with E-state index < -0.39 is 17.9 Å². The summed E-state index contributed by atoms with van der Waals surface area (Å²) in [6.45, 7) is 3.65. The second-order valence-corrected chi connectivity index (χ2v) is 9.65. The van der Waals surface area contributed by atoms with E-state index in [1.165, 1.54) is 4.90 Å². The van der Waals surface area contributed by atoms with Gasteiger partial charge in [0.25, 0.3) is 5.91 Å². The molecule has 1 amide bonds. The van der Waals surface area contributed by atoms with E-state index in [-0.39, 0.29) is 23.4 Å². The number of thiazole rings is 1. The molecule has 2 aromatic heterocycles. The number of para-hydroxylation sites is 1. The lowest BCUT2D eigenvalue weighted by atomic mass is 9.99. The van der Waals surface area contributed by atoms with Crippen molar-refractivity contribution < 1.29 is 18.7 Å². The molecule has 33 heavy (non-hydrogen) atoms. The molecule has 0 fully saturated rings. The molecule has 0 saturated carbocycles. The van der Waals surface area contributed by atoms with Gasteiger partial charge in [0.1, 0.15) is 10.5 Å². The molecule has 2 aromatic carbocycles. The van der Waals surface area contributed by atoms with Crippen molar-refractivity contribution in [3.8, 4) is 0 Å². The van der Waals surface area contributed by atoms with Gasteiger partial charge >= 0.3 is 5.97 Å². The zero-order valence-corrected chi connectivity index (χ0v) is 20.6. The first-order valence-electron chi connectivity index (χ1n) is 10.2. The Bertz CT molecular complexity index is 1470. The van der Waals surface area contributed by atoms with Crippen LogP contribution in [0.15, 0.2) is 57.7 Å². The quantitative estimate of drug-likeness (QED) is 0.250. The van der Waals surface area contributed by atoms with Crippen LogP contribution in [0, 0.1) is 10.5 Å². The number of benzene rings is 2. The zero-order valence-electron chi connectivity index (χ0n) is 17.6. The number of rotatable bonds is 4. The van der Waals surface area contributed by atoms with E-state index in [1.807, 2.05) is 24.3 Å². The number of nitrogens with zero attached hydrogens (tertiary/aromatic N) is 2. The van der Waals surface area contributed by atoms with Crippen molar-refractivity contribution in [3.05, 3.63) is 89.8 Å². The Morgan fingerprint density at radius 1 is 1.18 bits per heavy atom. The monoisotopic (exact) mass is 572 g/mol. The van der Waals surface area contributed by atoms with Gasteiger partial charge in [-0.05, 0) is 66.3 Å². The van der Waals surface area contributed by atoms with Gasteiger partial charge in [0.05, 0.1) is 29.3 Å². The Morgan fingerprint density at radius 2 is 1.91 bits per heavy atom. The summed E-state index contributed by atoms with van der Waals surface area (Å²) in [6.07, 6.45) is 0. The SMILES string of the molecule is CCOC(=O)c1sc(N2C(=O)c3oc4ccccc4c(=O)c3C2c2ccc(I)cc2)nc1C. The molecule has 1 atom stereocenters. The maximum atomic E-state index is 13.6. The van der Waals surface area contributed by atoms with Crippen LogP contribution in [0.25, 0.3) is 11.0 Å². The minimum Gasteiger partial charge on any atom is -0.462 e. The highest BCUT2D eigenvalue weighted by Crippen LogP contribution is 2.43. The Balaban J connectivity index is 1.74. The summed E-state index contributed by atoms with van der Waals surface area (Å²) >= 11 is 3.26. The summed E-state index contributed by atoms with van der Waals surface area (Å²) in [4.78, 5) is 45.8. The highest BCUT2D eigenvalue weighted by molar-refractivity contribution is 14.1. The van der Waals surface area contributed by atoms with Gasteiger partial charge in [-0.3, -0.25) is 14.5 Å². The average Bonchev–Trinajstić information content (AvgIpc) is 3.32. The minimum atomic E-state index is -0.731. The fourth-order valence-electron chi connectivity index (χ4n) is 3.95. The number of ether oxygens (including phenoxy) is 1. The highest BCUT2D eigenvalue weighted by Gasteiger charge is 2.45. The Morgan fingerprint density at radius 3 is 2.64 bits per heavy atom. The van der Waals surface area contributed by atoms with Gasteiger partial charge in [-0.1, -0.05) is 35.6 Å². The summed E-state index contributed by atoms with van der Waals surface area (Å²) in [5.74, 6) is -0.970. The third kappa shape index (κ3) is 3.55. The van der Waals surface area contributed by atoms with Crippen molar-refractivity contribution in [1.82, 2.24) is 4.98 Å². The van der Waals surface area contributed by atoms with Crippen LogP contribution in [0.5, 0.6) is 0 Å². The summed E-state index contributed by atoms with van der Waals surface area (Å²) < 4.78 is 12.1. The van der Waals surface area contributed by atoms with Crippen molar-refractivity contribution in [2.24, 2.45) is 0 Å². The number of halogens is 1. The van der Waals surface area contributed by atoms with Crippen LogP contribution in [-0.2, 0) is 4.74 Å². The molecule has 7 nitrogen and oxygen atoms in total. The van der Waals surface area contributed by atoms with Gasteiger partial charge in [-0.2, -0.15) is 0 Å². The first-order chi connectivity index (χ1) is 15.9. The van der Waals surface area contributed by atoms with Crippen molar-refractivity contribution in [1.29, 1.82) is 0 Å². The van der Waals surface area contributed by atoms with Crippen LogP contribution in [0.4, 0.5) is 5.13 Å². The largest absolute Gasteiger partial charge is 0.462 e. The fourth-order valence-corrected chi connectivity index (χ4v) is 5.30. The predicted octanol–water partition coefficient (Wildman–Crippen LogP) is 5.09. The number of aryl methyl sites for hydroxylation is 1. The van der Waals surface area contributed by atoms with Crippen LogP contribution >= 0.6 is 33.9 Å². The van der Waals surface area contributed by atoms with Gasteiger partial charge < -0.3 is 9.15 Å². The van der Waals surface area contributed by atoms with Crippen LogP contribution in [-0.4, -0.2) is 23.5 Å².